The van der Waals surface area contributed by atoms with Gasteiger partial charge in [0.05, 0.1) is 68.9 Å². The molecule has 1 aromatic rings. The summed E-state index contributed by atoms with van der Waals surface area (Å²) in [6, 6.07) is 2.97. The number of ketones is 1. The van der Waals surface area contributed by atoms with Crippen molar-refractivity contribution < 1.29 is 67.6 Å². The summed E-state index contributed by atoms with van der Waals surface area (Å²) in [4.78, 5) is 40.1. The van der Waals surface area contributed by atoms with Crippen molar-refractivity contribution in [3.05, 3.63) is 52.8 Å². The SMILES string of the molecule is CC[C@H]1OC(=O)C[C@H]2OC/C(=N/OCCCc3ccc(Cl)nc3)COCCC(C[C@@H](C)C(=O)/C=C/C(C)=C/[C@@H]1CO[C@@H]1CC[C@@H](O)[C@@H](OC)[C@H]1OC)[C@H](O[C@@H]1O[C@H](C)[C@@H](O)[C@H](N(C)C)[C@H]1O)[C@H]2C. The van der Waals surface area contributed by atoms with Crippen molar-refractivity contribution in [3.63, 3.8) is 0 Å². The van der Waals surface area contributed by atoms with Crippen molar-refractivity contribution in [1.82, 2.24) is 9.88 Å². The molecule has 17 nitrogen and oxygen atoms in total. The van der Waals surface area contributed by atoms with E-state index in [4.69, 9.17) is 54.3 Å². The van der Waals surface area contributed by atoms with Crippen molar-refractivity contribution in [1.29, 1.82) is 0 Å². The normalized spacial score (nSPS) is 38.1. The zero-order valence-corrected chi connectivity index (χ0v) is 42.2. The molecule has 4 heterocycles. The summed E-state index contributed by atoms with van der Waals surface area (Å²) in [5.41, 5.74) is 2.28. The number of likely N-dealkylation sites (N-methyl/N-ethyl adjacent to an activating group) is 1. The van der Waals surface area contributed by atoms with Crippen LogP contribution in [-0.2, 0) is 58.7 Å². The minimum atomic E-state index is -1.24. The number of esters is 1. The van der Waals surface area contributed by atoms with Crippen LogP contribution < -0.4 is 0 Å². The topological polar surface area (TPSA) is 206 Å². The summed E-state index contributed by atoms with van der Waals surface area (Å²) in [7, 11) is 6.66. The number of fused-ring (bicyclic) bond motifs is 3. The van der Waals surface area contributed by atoms with Gasteiger partial charge in [0.1, 0.15) is 41.9 Å². The van der Waals surface area contributed by atoms with E-state index >= 15 is 0 Å². The van der Waals surface area contributed by atoms with Crippen LogP contribution in [0.1, 0.15) is 85.1 Å². The highest BCUT2D eigenvalue weighted by Gasteiger charge is 2.48. The maximum Gasteiger partial charge on any atom is 0.308 e. The molecule has 1 aliphatic carbocycles. The summed E-state index contributed by atoms with van der Waals surface area (Å²) in [6.45, 7) is 10.2. The molecule has 68 heavy (non-hydrogen) atoms. The smallest absolute Gasteiger partial charge is 0.308 e. The Morgan fingerprint density at radius 3 is 2.43 bits per heavy atom. The molecular weight excluding hydrogens is 902 g/mol. The molecule has 384 valence electrons. The Morgan fingerprint density at radius 1 is 0.971 bits per heavy atom. The minimum Gasteiger partial charge on any atom is -0.462 e. The van der Waals surface area contributed by atoms with E-state index in [1.165, 1.54) is 7.11 Å². The Hall–Kier alpha value is -2.91. The molecule has 2 saturated heterocycles. The lowest BCUT2D eigenvalue weighted by Gasteiger charge is -2.47. The Balaban J connectivity index is 1.47. The number of oxime groups is 1. The van der Waals surface area contributed by atoms with Gasteiger partial charge in [-0.05, 0) is 96.5 Å². The highest BCUT2D eigenvalue weighted by atomic mass is 35.5. The fourth-order valence-electron chi connectivity index (χ4n) is 9.88. The van der Waals surface area contributed by atoms with Gasteiger partial charge in [-0.3, -0.25) is 9.59 Å². The van der Waals surface area contributed by atoms with E-state index in [-0.39, 0.29) is 44.5 Å². The summed E-state index contributed by atoms with van der Waals surface area (Å²) in [5, 5.41) is 38.3. The number of hydrogen-bond acceptors (Lipinski definition) is 17. The molecule has 0 amide bonds. The predicted octanol–water partition coefficient (Wildman–Crippen LogP) is 4.89. The Kier molecular flexibility index (Phi) is 22.8. The molecule has 3 aliphatic heterocycles. The monoisotopic (exact) mass is 980 g/mol. The molecule has 18 heteroatoms. The molecular formula is C50H78ClN3O14. The van der Waals surface area contributed by atoms with Crippen LogP contribution in [0.4, 0.5) is 0 Å². The number of carbonyl (C=O) groups is 2. The number of aryl methyl sites for hydroxylation is 1. The second kappa shape index (κ2) is 27.6. The lowest BCUT2D eigenvalue weighted by Crippen LogP contribution is -2.63. The lowest BCUT2D eigenvalue weighted by molar-refractivity contribution is -0.305. The van der Waals surface area contributed by atoms with Gasteiger partial charge < -0.3 is 63.0 Å². The molecule has 1 aromatic heterocycles. The van der Waals surface area contributed by atoms with E-state index in [1.807, 2.05) is 39.8 Å². The first kappa shape index (κ1) is 56.0. The highest BCUT2D eigenvalue weighted by molar-refractivity contribution is 6.29. The second-order valence-corrected chi connectivity index (χ2v) is 19.5. The van der Waals surface area contributed by atoms with Gasteiger partial charge >= 0.3 is 5.97 Å². The fourth-order valence-corrected chi connectivity index (χ4v) is 9.99. The van der Waals surface area contributed by atoms with Gasteiger partial charge in [-0.25, -0.2) is 4.98 Å². The summed E-state index contributed by atoms with van der Waals surface area (Å²) >= 11 is 5.96. The molecule has 4 aliphatic rings. The molecule has 0 radical (unpaired) electrons. The van der Waals surface area contributed by atoms with Gasteiger partial charge in [0.25, 0.3) is 0 Å². The number of methoxy groups -OCH3 is 2. The van der Waals surface area contributed by atoms with E-state index in [9.17, 15) is 24.9 Å². The van der Waals surface area contributed by atoms with Crippen LogP contribution in [-0.4, -0.2) is 177 Å². The summed E-state index contributed by atoms with van der Waals surface area (Å²) in [6.07, 6.45) is 2.10. The first-order valence-corrected chi connectivity index (χ1v) is 24.7. The molecule has 3 fully saturated rings. The zero-order valence-electron chi connectivity index (χ0n) is 41.4. The van der Waals surface area contributed by atoms with Crippen LogP contribution in [0.15, 0.2) is 47.3 Å². The number of halogens is 1. The minimum absolute atomic E-state index is 0.0379. The number of pyridine rings is 1. The van der Waals surface area contributed by atoms with Crippen LogP contribution >= 0.6 is 11.6 Å². The largest absolute Gasteiger partial charge is 0.462 e. The number of aliphatic hydroxyl groups is 3. The maximum absolute atomic E-state index is 14.4. The van der Waals surface area contributed by atoms with Crippen LogP contribution in [0.3, 0.4) is 0 Å². The summed E-state index contributed by atoms with van der Waals surface area (Å²) in [5.74, 6) is -2.38. The van der Waals surface area contributed by atoms with E-state index in [2.05, 4.69) is 10.1 Å². The zero-order chi connectivity index (χ0) is 49.5. The molecule has 2 bridgehead atoms. The van der Waals surface area contributed by atoms with Crippen molar-refractivity contribution in [2.45, 2.75) is 159 Å². The standard InChI is InChI=1S/C50H78ClN3O14/c1-10-39-35(26-63-40-17-16-38(56)48(60-8)49(40)61-9)22-29(2)13-15-37(55)30(3)23-34-19-21-62-27-36(53-65-20-11-12-33-14-18-42(51)52-25-33)28-64-41(24-43(57)67-39)31(4)47(34)68-50-46(59)44(54(6)7)45(58)32(5)66-50/h13-15,18,22,25,30-32,34-35,38-41,44-50,56,58-59H,10-12,16-17,19-21,23-24,26-28H2,1-9H3/b15-13+,29-22+,53-36+/t30-,31+,32-,34?,35-,38-,39-,40-,41-,44+,45-,46-,47-,48-,49+,50+/m1/s1. The number of cyclic esters (lactones) is 1. The van der Waals surface area contributed by atoms with Gasteiger partial charge in [0, 0.05) is 44.8 Å². The van der Waals surface area contributed by atoms with Crippen molar-refractivity contribution in [2.24, 2.45) is 28.8 Å². The average Bonchev–Trinajstić information content (AvgIpc) is 3.33. The number of carbonyl (C=O) groups excluding carboxylic acids is 2. The first-order valence-electron chi connectivity index (χ1n) is 24.3. The molecule has 1 unspecified atom stereocenters. The number of aromatic nitrogens is 1. The summed E-state index contributed by atoms with van der Waals surface area (Å²) < 4.78 is 50.3. The van der Waals surface area contributed by atoms with E-state index < -0.39 is 97.1 Å². The van der Waals surface area contributed by atoms with E-state index in [0.29, 0.717) is 62.4 Å². The van der Waals surface area contributed by atoms with Gasteiger partial charge in [-0.2, -0.15) is 0 Å². The third-order valence-electron chi connectivity index (χ3n) is 13.8. The van der Waals surface area contributed by atoms with Crippen molar-refractivity contribution >= 4 is 29.1 Å². The maximum atomic E-state index is 14.4. The molecule has 16 atom stereocenters. The van der Waals surface area contributed by atoms with E-state index in [0.717, 1.165) is 11.1 Å². The quantitative estimate of drug-likeness (QED) is 0.0983. The second-order valence-electron chi connectivity index (χ2n) is 19.1. The molecule has 0 spiro atoms. The van der Waals surface area contributed by atoms with Gasteiger partial charge in [0.2, 0.25) is 0 Å². The van der Waals surface area contributed by atoms with Crippen molar-refractivity contribution in [2.75, 3.05) is 61.3 Å². The Labute approximate surface area is 407 Å². The molecule has 1 saturated carbocycles. The van der Waals surface area contributed by atoms with E-state index in [1.54, 1.807) is 57.4 Å². The third kappa shape index (κ3) is 15.8. The van der Waals surface area contributed by atoms with Gasteiger partial charge in [0.15, 0.2) is 12.1 Å². The number of ether oxygens (including phenoxy) is 8. The number of aliphatic hydroxyl groups excluding tert-OH is 3. The van der Waals surface area contributed by atoms with Crippen LogP contribution in [0.25, 0.3) is 0 Å². The molecule has 3 N–H and O–H groups in total. The van der Waals surface area contributed by atoms with Crippen molar-refractivity contribution in [3.8, 4) is 0 Å². The number of allylic oxidation sites excluding steroid dienone is 3. The van der Waals surface area contributed by atoms with Gasteiger partial charge in [-0.1, -0.05) is 61.3 Å². The van der Waals surface area contributed by atoms with Crippen LogP contribution in [0.2, 0.25) is 5.15 Å². The predicted molar refractivity (Wildman–Crippen MR) is 254 cm³/mol. The number of rotatable bonds is 14. The number of hydrogen-bond donors (Lipinski definition) is 3. The Bertz CT molecular complexity index is 1800. The highest BCUT2D eigenvalue weighted by Crippen LogP contribution is 2.36. The third-order valence-corrected chi connectivity index (χ3v) is 14.1. The molecule has 5 rings (SSSR count). The van der Waals surface area contributed by atoms with Gasteiger partial charge in [-0.15, -0.1) is 0 Å². The number of nitrogens with zero attached hydrogens (tertiary/aromatic N) is 3. The van der Waals surface area contributed by atoms with Crippen LogP contribution in [0, 0.1) is 23.7 Å². The average molecular weight is 981 g/mol. The molecule has 0 aromatic carbocycles. The fraction of sp³-hybridized carbons (Fsp3) is 0.760. The van der Waals surface area contributed by atoms with Crippen LogP contribution in [0.5, 0.6) is 0 Å². The first-order chi connectivity index (χ1) is 32.5. The lowest BCUT2D eigenvalue weighted by atomic mass is 9.79. The Morgan fingerprint density at radius 2 is 1.74 bits per heavy atom.